The van der Waals surface area contributed by atoms with Crippen LogP contribution in [0.5, 0.6) is 0 Å². The molecule has 0 fully saturated rings. The Labute approximate surface area is 129 Å². The van der Waals surface area contributed by atoms with Gasteiger partial charge in [0.05, 0.1) is 18.4 Å². The van der Waals surface area contributed by atoms with Crippen LogP contribution >= 0.6 is 11.8 Å². The average molecular weight is 310 g/mol. The van der Waals surface area contributed by atoms with Gasteiger partial charge in [0.2, 0.25) is 5.91 Å². The number of hydrogen-bond donors (Lipinski definition) is 1. The molecule has 21 heavy (non-hydrogen) atoms. The van der Waals surface area contributed by atoms with Crippen molar-refractivity contribution in [1.29, 1.82) is 0 Å². The van der Waals surface area contributed by atoms with Gasteiger partial charge in [-0.1, -0.05) is 37.9 Å². The van der Waals surface area contributed by atoms with Crippen LogP contribution in [-0.2, 0) is 9.53 Å². The number of hydrogen-bond acceptors (Lipinski definition) is 5. The lowest BCUT2D eigenvalue weighted by Gasteiger charge is -2.07. The Morgan fingerprint density at radius 2 is 2.14 bits per heavy atom. The number of nitrogens with one attached hydrogen (secondary N) is 1. The number of carbonyl (C=O) groups excluding carboxylic acids is 2. The van der Waals surface area contributed by atoms with Crippen molar-refractivity contribution in [3.63, 3.8) is 0 Å². The van der Waals surface area contributed by atoms with Gasteiger partial charge in [-0.2, -0.15) is 0 Å². The lowest BCUT2D eigenvalue weighted by Crippen LogP contribution is -2.26. The average Bonchev–Trinajstić information content (AvgIpc) is 2.52. The molecule has 0 atom stereocenters. The number of methoxy groups -OCH3 is 1. The third kappa shape index (κ3) is 6.62. The van der Waals surface area contributed by atoms with E-state index >= 15 is 0 Å². The third-order valence-electron chi connectivity index (χ3n) is 2.87. The highest BCUT2D eigenvalue weighted by molar-refractivity contribution is 8.00. The lowest BCUT2D eigenvalue weighted by atomic mass is 10.2. The Hall–Kier alpha value is -1.56. The molecule has 0 saturated heterocycles. The van der Waals surface area contributed by atoms with Crippen LogP contribution < -0.4 is 5.32 Å². The van der Waals surface area contributed by atoms with Crippen LogP contribution in [0.1, 0.15) is 43.0 Å². The molecule has 5 nitrogen and oxygen atoms in total. The predicted octanol–water partition coefficient (Wildman–Crippen LogP) is 2.66. The molecular weight excluding hydrogens is 288 g/mol. The van der Waals surface area contributed by atoms with E-state index in [9.17, 15) is 9.59 Å². The van der Waals surface area contributed by atoms with Crippen LogP contribution in [0.3, 0.4) is 0 Å². The highest BCUT2D eigenvalue weighted by Crippen LogP contribution is 2.20. The summed E-state index contributed by atoms with van der Waals surface area (Å²) in [5, 5.41) is 3.39. The summed E-state index contributed by atoms with van der Waals surface area (Å²) in [6.07, 6.45) is 6.11. The molecular formula is C15H22N2O3S. The zero-order chi connectivity index (χ0) is 15.5. The number of esters is 1. The summed E-state index contributed by atoms with van der Waals surface area (Å²) in [6.45, 7) is 2.85. The SMILES string of the molecule is CCCCCCNC(=O)CSc1ncccc1C(=O)OC. The molecule has 1 N–H and O–H groups in total. The highest BCUT2D eigenvalue weighted by atomic mass is 32.2. The Bertz CT molecular complexity index is 466. The largest absolute Gasteiger partial charge is 0.465 e. The fraction of sp³-hybridized carbons (Fsp3) is 0.533. The smallest absolute Gasteiger partial charge is 0.340 e. The number of aromatic nitrogens is 1. The van der Waals surface area contributed by atoms with Gasteiger partial charge in [-0.25, -0.2) is 9.78 Å². The summed E-state index contributed by atoms with van der Waals surface area (Å²) < 4.78 is 4.69. The van der Waals surface area contributed by atoms with E-state index in [1.165, 1.54) is 31.7 Å². The number of ether oxygens (including phenoxy) is 1. The molecule has 1 aromatic heterocycles. The first kappa shape index (κ1) is 17.5. The molecule has 0 aliphatic rings. The molecule has 0 radical (unpaired) electrons. The Morgan fingerprint density at radius 3 is 2.86 bits per heavy atom. The number of pyridine rings is 1. The van der Waals surface area contributed by atoms with Gasteiger partial charge in [0.25, 0.3) is 0 Å². The van der Waals surface area contributed by atoms with Crippen LogP contribution in [0.2, 0.25) is 0 Å². The van der Waals surface area contributed by atoms with E-state index in [0.29, 0.717) is 17.1 Å². The van der Waals surface area contributed by atoms with Crippen LogP contribution in [0.25, 0.3) is 0 Å². The standard InChI is InChI=1S/C15H22N2O3S/c1-3-4-5-6-9-16-13(18)11-21-14-12(15(19)20-2)8-7-10-17-14/h7-8,10H,3-6,9,11H2,1-2H3,(H,16,18). The maximum Gasteiger partial charge on any atom is 0.340 e. The van der Waals surface area contributed by atoms with Gasteiger partial charge in [0, 0.05) is 12.7 Å². The first-order valence-corrected chi connectivity index (χ1v) is 8.10. The maximum absolute atomic E-state index is 11.7. The van der Waals surface area contributed by atoms with Crippen molar-refractivity contribution in [3.8, 4) is 0 Å². The van der Waals surface area contributed by atoms with Crippen LogP contribution in [-0.4, -0.2) is 36.3 Å². The van der Waals surface area contributed by atoms with Crippen molar-refractivity contribution in [1.82, 2.24) is 10.3 Å². The molecule has 1 rings (SSSR count). The van der Waals surface area contributed by atoms with Crippen LogP contribution in [0.4, 0.5) is 0 Å². The van der Waals surface area contributed by atoms with Gasteiger partial charge < -0.3 is 10.1 Å². The number of nitrogens with zero attached hydrogens (tertiary/aromatic N) is 1. The van der Waals surface area contributed by atoms with Crippen molar-refractivity contribution in [2.75, 3.05) is 19.4 Å². The molecule has 0 bridgehead atoms. The minimum atomic E-state index is -0.439. The first-order valence-electron chi connectivity index (χ1n) is 7.11. The van der Waals surface area contributed by atoms with E-state index in [1.807, 2.05) is 0 Å². The number of rotatable bonds is 9. The van der Waals surface area contributed by atoms with E-state index in [0.717, 1.165) is 12.8 Å². The minimum Gasteiger partial charge on any atom is -0.465 e. The normalized spacial score (nSPS) is 10.2. The van der Waals surface area contributed by atoms with Crippen molar-refractivity contribution in [2.24, 2.45) is 0 Å². The van der Waals surface area contributed by atoms with E-state index in [2.05, 4.69) is 17.2 Å². The van der Waals surface area contributed by atoms with E-state index < -0.39 is 5.97 Å². The Balaban J connectivity index is 2.38. The second-order valence-electron chi connectivity index (χ2n) is 4.55. The lowest BCUT2D eigenvalue weighted by molar-refractivity contribution is -0.118. The minimum absolute atomic E-state index is 0.0435. The summed E-state index contributed by atoms with van der Waals surface area (Å²) in [5.41, 5.74) is 0.390. The summed E-state index contributed by atoms with van der Waals surface area (Å²) in [5.74, 6) is -0.238. The summed E-state index contributed by atoms with van der Waals surface area (Å²) >= 11 is 1.24. The molecule has 0 saturated carbocycles. The molecule has 1 aromatic rings. The molecule has 1 heterocycles. The maximum atomic E-state index is 11.7. The molecule has 0 unspecified atom stereocenters. The van der Waals surface area contributed by atoms with Gasteiger partial charge in [0.1, 0.15) is 5.03 Å². The third-order valence-corrected chi connectivity index (χ3v) is 3.87. The molecule has 0 aromatic carbocycles. The zero-order valence-electron chi connectivity index (χ0n) is 12.6. The molecule has 0 spiro atoms. The summed E-state index contributed by atoms with van der Waals surface area (Å²) in [6, 6.07) is 3.31. The van der Waals surface area contributed by atoms with Gasteiger partial charge in [0.15, 0.2) is 0 Å². The van der Waals surface area contributed by atoms with Crippen molar-refractivity contribution >= 4 is 23.6 Å². The molecule has 6 heteroatoms. The summed E-state index contributed by atoms with van der Waals surface area (Å²) in [4.78, 5) is 27.4. The van der Waals surface area contributed by atoms with Gasteiger partial charge in [-0.05, 0) is 18.6 Å². The monoisotopic (exact) mass is 310 g/mol. The van der Waals surface area contributed by atoms with Gasteiger partial charge >= 0.3 is 5.97 Å². The molecule has 0 aliphatic heterocycles. The molecule has 1 amide bonds. The second kappa shape index (κ2) is 10.2. The first-order chi connectivity index (χ1) is 10.2. The van der Waals surface area contributed by atoms with E-state index in [1.54, 1.807) is 18.3 Å². The topological polar surface area (TPSA) is 68.3 Å². The summed E-state index contributed by atoms with van der Waals surface area (Å²) in [7, 11) is 1.33. The Morgan fingerprint density at radius 1 is 1.33 bits per heavy atom. The van der Waals surface area contributed by atoms with Crippen LogP contribution in [0, 0.1) is 0 Å². The Kier molecular flexibility index (Phi) is 8.50. The quantitative estimate of drug-likeness (QED) is 0.431. The van der Waals surface area contributed by atoms with Crippen molar-refractivity contribution in [3.05, 3.63) is 23.9 Å². The zero-order valence-corrected chi connectivity index (χ0v) is 13.4. The van der Waals surface area contributed by atoms with Crippen LogP contribution in [0.15, 0.2) is 23.4 Å². The predicted molar refractivity (Wildman–Crippen MR) is 83.5 cm³/mol. The number of unbranched alkanes of at least 4 members (excludes halogenated alkanes) is 3. The van der Waals surface area contributed by atoms with Gasteiger partial charge in [-0.3, -0.25) is 4.79 Å². The van der Waals surface area contributed by atoms with E-state index in [-0.39, 0.29) is 11.7 Å². The fourth-order valence-electron chi connectivity index (χ4n) is 1.74. The fourth-order valence-corrected chi connectivity index (χ4v) is 2.55. The molecule has 116 valence electrons. The number of amides is 1. The number of thioether (sulfide) groups is 1. The second-order valence-corrected chi connectivity index (χ2v) is 5.51. The van der Waals surface area contributed by atoms with Crippen molar-refractivity contribution in [2.45, 2.75) is 37.6 Å². The number of carbonyl (C=O) groups is 2. The highest BCUT2D eigenvalue weighted by Gasteiger charge is 2.14. The van der Waals surface area contributed by atoms with Crippen molar-refractivity contribution < 1.29 is 14.3 Å². The van der Waals surface area contributed by atoms with E-state index in [4.69, 9.17) is 4.74 Å². The molecule has 0 aliphatic carbocycles. The van der Waals surface area contributed by atoms with Gasteiger partial charge in [-0.15, -0.1) is 0 Å².